The van der Waals surface area contributed by atoms with Crippen LogP contribution >= 0.6 is 23.8 Å². The molecule has 0 saturated carbocycles. The van der Waals surface area contributed by atoms with Gasteiger partial charge in [0.05, 0.1) is 5.71 Å². The summed E-state index contributed by atoms with van der Waals surface area (Å²) in [7, 11) is 0. The Morgan fingerprint density at radius 2 is 2.05 bits per heavy atom. The summed E-state index contributed by atoms with van der Waals surface area (Å²) in [6.45, 7) is 1.89. The van der Waals surface area contributed by atoms with Crippen molar-refractivity contribution >= 4 is 40.3 Å². The summed E-state index contributed by atoms with van der Waals surface area (Å²) in [5, 5.41) is 8.31. The largest absolute Gasteiger partial charge is 0.331 e. The van der Waals surface area contributed by atoms with Crippen LogP contribution in [0.15, 0.2) is 58.9 Å². The van der Waals surface area contributed by atoms with Crippen molar-refractivity contribution in [3.8, 4) is 0 Å². The molecule has 2 rings (SSSR count). The second kappa shape index (κ2) is 6.34. The molecule has 19 heavy (non-hydrogen) atoms. The minimum Gasteiger partial charge on any atom is -0.331 e. The van der Waals surface area contributed by atoms with Crippen molar-refractivity contribution in [3.05, 3.63) is 58.8 Å². The third kappa shape index (κ3) is 4.07. The average Bonchev–Trinajstić information content (AvgIpc) is 2.93. The molecule has 1 aromatic carbocycles. The molecule has 1 aromatic rings. The van der Waals surface area contributed by atoms with E-state index in [9.17, 15) is 0 Å². The second-order valence-corrected chi connectivity index (χ2v) is 4.70. The van der Waals surface area contributed by atoms with Crippen molar-refractivity contribution in [2.45, 2.75) is 6.92 Å². The molecule has 3 nitrogen and oxygen atoms in total. The molecular weight excluding hydrogens is 278 g/mol. The first-order valence-electron chi connectivity index (χ1n) is 5.66. The predicted octanol–water partition coefficient (Wildman–Crippen LogP) is 3.65. The van der Waals surface area contributed by atoms with Crippen molar-refractivity contribution in [2.24, 2.45) is 5.10 Å². The van der Waals surface area contributed by atoms with E-state index in [2.05, 4.69) is 21.6 Å². The average molecular weight is 290 g/mol. The number of allylic oxidation sites excluding steroid dienone is 3. The number of rotatable bonds is 3. The third-order valence-corrected chi connectivity index (χ3v) is 2.86. The summed E-state index contributed by atoms with van der Waals surface area (Å²) < 4.78 is 0. The first-order chi connectivity index (χ1) is 9.15. The highest BCUT2D eigenvalue weighted by Gasteiger charge is 2.00. The van der Waals surface area contributed by atoms with Gasteiger partial charge in [-0.3, -0.25) is 5.43 Å². The lowest BCUT2D eigenvalue weighted by Gasteiger charge is -2.07. The monoisotopic (exact) mass is 289 g/mol. The lowest BCUT2D eigenvalue weighted by Crippen LogP contribution is -2.24. The fourth-order valence-electron chi connectivity index (χ4n) is 1.44. The number of hydrogen-bond donors (Lipinski definition) is 2. The van der Waals surface area contributed by atoms with Crippen LogP contribution in [-0.2, 0) is 0 Å². The Kier molecular flexibility index (Phi) is 4.53. The van der Waals surface area contributed by atoms with Crippen LogP contribution in [0.5, 0.6) is 0 Å². The number of nitrogens with zero attached hydrogens (tertiary/aromatic N) is 1. The van der Waals surface area contributed by atoms with Gasteiger partial charge in [-0.25, -0.2) is 0 Å². The predicted molar refractivity (Wildman–Crippen MR) is 84.7 cm³/mol. The van der Waals surface area contributed by atoms with E-state index in [0.29, 0.717) is 10.1 Å². The molecule has 0 heterocycles. The lowest BCUT2D eigenvalue weighted by molar-refractivity contribution is 1.04. The Hall–Kier alpha value is -1.87. The lowest BCUT2D eigenvalue weighted by atomic mass is 10.2. The molecule has 0 atom stereocenters. The molecule has 1 aliphatic rings. The molecule has 0 saturated heterocycles. The summed E-state index contributed by atoms with van der Waals surface area (Å²) in [4.78, 5) is 0. The fraction of sp³-hybridized carbons (Fsp3) is 0.0714. The van der Waals surface area contributed by atoms with Gasteiger partial charge in [0.2, 0.25) is 0 Å². The quantitative estimate of drug-likeness (QED) is 0.386. The molecule has 5 heteroatoms. The second-order valence-electron chi connectivity index (χ2n) is 3.85. The maximum atomic E-state index is 5.81. The van der Waals surface area contributed by atoms with Gasteiger partial charge in [0.25, 0.3) is 0 Å². The smallest absolute Gasteiger partial charge is 0.191 e. The highest BCUT2D eigenvalue weighted by Crippen LogP contribution is 2.13. The fourth-order valence-corrected chi connectivity index (χ4v) is 1.73. The minimum atomic E-state index is 0.424. The number of thiocarbonyl (C=S) groups is 1. The summed E-state index contributed by atoms with van der Waals surface area (Å²) in [6, 6.07) is 7.27. The Morgan fingerprint density at radius 3 is 2.68 bits per heavy atom. The summed E-state index contributed by atoms with van der Waals surface area (Å²) >= 11 is 11.0. The molecule has 0 amide bonds. The van der Waals surface area contributed by atoms with E-state index >= 15 is 0 Å². The number of nitrogens with one attached hydrogen (secondary N) is 2. The summed E-state index contributed by atoms with van der Waals surface area (Å²) in [6.07, 6.45) is 5.70. The van der Waals surface area contributed by atoms with Crippen molar-refractivity contribution in [3.63, 3.8) is 0 Å². The first kappa shape index (κ1) is 13.6. The molecular formula is C14H12ClN3S. The Bertz CT molecular complexity index is 608. The van der Waals surface area contributed by atoms with Crippen LogP contribution < -0.4 is 10.7 Å². The van der Waals surface area contributed by atoms with Crippen molar-refractivity contribution in [1.29, 1.82) is 0 Å². The molecule has 0 unspecified atom stereocenters. The molecule has 0 fully saturated rings. The number of hydrazone groups is 1. The number of benzene rings is 1. The first-order valence-corrected chi connectivity index (χ1v) is 6.44. The molecule has 0 aliphatic heterocycles. The normalized spacial score (nSPS) is 13.4. The van der Waals surface area contributed by atoms with E-state index in [1.54, 1.807) is 12.1 Å². The maximum Gasteiger partial charge on any atom is 0.191 e. The van der Waals surface area contributed by atoms with Gasteiger partial charge in [-0.15, -0.1) is 5.73 Å². The molecule has 0 aromatic heterocycles. The molecule has 2 N–H and O–H groups in total. The Morgan fingerprint density at radius 1 is 1.32 bits per heavy atom. The Balaban J connectivity index is 1.91. The van der Waals surface area contributed by atoms with Gasteiger partial charge < -0.3 is 5.32 Å². The van der Waals surface area contributed by atoms with Crippen LogP contribution in [0, 0.1) is 0 Å². The summed E-state index contributed by atoms with van der Waals surface area (Å²) in [5.41, 5.74) is 8.48. The van der Waals surface area contributed by atoms with Gasteiger partial charge >= 0.3 is 0 Å². The van der Waals surface area contributed by atoms with E-state index < -0.39 is 0 Å². The number of anilines is 1. The van der Waals surface area contributed by atoms with E-state index in [-0.39, 0.29) is 0 Å². The van der Waals surface area contributed by atoms with Gasteiger partial charge in [-0.1, -0.05) is 17.7 Å². The highest BCUT2D eigenvalue weighted by atomic mass is 35.5. The van der Waals surface area contributed by atoms with Gasteiger partial charge in [0.15, 0.2) is 5.11 Å². The molecule has 1 aliphatic carbocycles. The molecule has 0 spiro atoms. The Labute approximate surface area is 122 Å². The minimum absolute atomic E-state index is 0.424. The van der Waals surface area contributed by atoms with Crippen LogP contribution in [0.3, 0.4) is 0 Å². The zero-order valence-corrected chi connectivity index (χ0v) is 11.8. The van der Waals surface area contributed by atoms with Crippen LogP contribution in [-0.4, -0.2) is 10.8 Å². The summed E-state index contributed by atoms with van der Waals surface area (Å²) in [5.74, 6) is 0. The zero-order valence-electron chi connectivity index (χ0n) is 10.3. The van der Waals surface area contributed by atoms with Crippen LogP contribution in [0.2, 0.25) is 5.02 Å². The number of hydrogen-bond acceptors (Lipinski definition) is 2. The van der Waals surface area contributed by atoms with Gasteiger partial charge in [0.1, 0.15) is 0 Å². The van der Waals surface area contributed by atoms with E-state index in [1.807, 2.05) is 37.3 Å². The van der Waals surface area contributed by atoms with Crippen molar-refractivity contribution in [2.75, 3.05) is 5.32 Å². The third-order valence-electron chi connectivity index (χ3n) is 2.41. The molecule has 96 valence electrons. The van der Waals surface area contributed by atoms with Gasteiger partial charge in [-0.2, -0.15) is 5.10 Å². The van der Waals surface area contributed by atoms with E-state index in [4.69, 9.17) is 23.8 Å². The van der Waals surface area contributed by atoms with E-state index in [1.165, 1.54) is 0 Å². The number of halogens is 1. The standard InChI is InChI=1S/C14H12ClN3S/c1-10(11-4-2-3-5-11)17-18-14(19)16-13-8-6-12(15)7-9-13/h2-4,6-9H,1H3,(H2,16,18,19)/b17-10+. The highest BCUT2D eigenvalue weighted by molar-refractivity contribution is 7.80. The van der Waals surface area contributed by atoms with E-state index in [0.717, 1.165) is 17.0 Å². The van der Waals surface area contributed by atoms with Crippen LogP contribution in [0.25, 0.3) is 0 Å². The van der Waals surface area contributed by atoms with Gasteiger partial charge in [0, 0.05) is 16.3 Å². The van der Waals surface area contributed by atoms with Crippen LogP contribution in [0.1, 0.15) is 6.92 Å². The van der Waals surface area contributed by atoms with Gasteiger partial charge in [-0.05, 0) is 55.6 Å². The molecule has 0 radical (unpaired) electrons. The van der Waals surface area contributed by atoms with Crippen LogP contribution in [0.4, 0.5) is 5.69 Å². The zero-order chi connectivity index (χ0) is 13.7. The SMILES string of the molecule is C/C(=N\NC(=S)Nc1ccc(Cl)cc1)C1=C=CC=C1. The van der Waals surface area contributed by atoms with Crippen molar-refractivity contribution < 1.29 is 0 Å². The topological polar surface area (TPSA) is 36.4 Å². The maximum absolute atomic E-state index is 5.81. The molecule has 0 bridgehead atoms. The van der Waals surface area contributed by atoms with Crippen molar-refractivity contribution in [1.82, 2.24) is 5.43 Å².